The maximum Gasteiger partial charge on any atom is 0.461 e. The zero-order valence-electron chi connectivity index (χ0n) is 17.9. The van der Waals surface area contributed by atoms with E-state index in [0.717, 1.165) is 24.3 Å². The van der Waals surface area contributed by atoms with E-state index in [1.165, 1.54) is 6.42 Å². The minimum atomic E-state index is -0.945. The molecule has 0 spiro atoms. The molecule has 2 bridgehead atoms. The van der Waals surface area contributed by atoms with Crippen molar-refractivity contribution in [1.29, 1.82) is 0 Å². The van der Waals surface area contributed by atoms with E-state index >= 15 is 0 Å². The lowest BCUT2D eigenvalue weighted by molar-refractivity contribution is -0.199. The molecule has 4 saturated carbocycles. The summed E-state index contributed by atoms with van der Waals surface area (Å²) < 4.78 is 24.6. The van der Waals surface area contributed by atoms with Gasteiger partial charge in [-0.2, -0.15) is 0 Å². The van der Waals surface area contributed by atoms with Gasteiger partial charge in [0.2, 0.25) is 5.79 Å². The van der Waals surface area contributed by atoms with Gasteiger partial charge in [0, 0.05) is 19.7 Å². The molecular weight excluding hydrogens is 367 g/mol. The highest BCUT2D eigenvalue weighted by molar-refractivity contribution is 6.49. The van der Waals surface area contributed by atoms with E-state index < -0.39 is 5.79 Å². The number of benzene rings is 1. The number of para-hydroxylation sites is 1. The third-order valence-electron chi connectivity index (χ3n) is 8.51. The Balaban J connectivity index is 1.25. The molecule has 6 aliphatic rings. The van der Waals surface area contributed by atoms with Crippen LogP contribution in [-0.2, 0) is 14.0 Å². The zero-order chi connectivity index (χ0) is 20.3. The molecule has 5 nitrogen and oxygen atoms in total. The molecule has 2 heterocycles. The first-order chi connectivity index (χ1) is 13.6. The average molecular weight is 396 g/mol. The van der Waals surface area contributed by atoms with Crippen molar-refractivity contribution >= 4 is 13.1 Å². The normalized spacial score (nSPS) is 42.9. The molecule has 6 heteroatoms. The van der Waals surface area contributed by atoms with E-state index in [2.05, 4.69) is 26.8 Å². The minimum Gasteiger partial charge on any atom is -0.452 e. The molecule has 1 aromatic carbocycles. The molecule has 0 radical (unpaired) electrons. The first kappa shape index (κ1) is 18.3. The first-order valence-electron chi connectivity index (χ1n) is 11.0. The third kappa shape index (κ3) is 2.39. The molecule has 0 N–H and O–H groups in total. The van der Waals surface area contributed by atoms with Gasteiger partial charge in [-0.1, -0.05) is 26.0 Å². The predicted molar refractivity (Wildman–Crippen MR) is 108 cm³/mol. The Labute approximate surface area is 172 Å². The second-order valence-corrected chi connectivity index (χ2v) is 11.0. The fraction of sp³-hybridized carbons (Fsp3) is 0.696. The average Bonchev–Trinajstić information content (AvgIpc) is 3.33. The highest BCUT2D eigenvalue weighted by atomic mass is 16.7. The maximum absolute atomic E-state index is 12.4. The summed E-state index contributed by atoms with van der Waals surface area (Å²) in [4.78, 5) is 12.4. The summed E-state index contributed by atoms with van der Waals surface area (Å²) in [5, 5.41) is 0. The Morgan fingerprint density at radius 3 is 2.59 bits per heavy atom. The molecular formula is C23H29BO5. The van der Waals surface area contributed by atoms with Crippen LogP contribution in [0.1, 0.15) is 75.7 Å². The van der Waals surface area contributed by atoms with Gasteiger partial charge in [-0.05, 0) is 61.0 Å². The molecule has 0 amide bonds. The summed E-state index contributed by atoms with van der Waals surface area (Å²) in [6.07, 6.45) is 3.58. The van der Waals surface area contributed by atoms with E-state index in [1.807, 2.05) is 6.07 Å². The summed E-state index contributed by atoms with van der Waals surface area (Å²) in [7, 11) is -0.162. The van der Waals surface area contributed by atoms with Gasteiger partial charge in [-0.3, -0.25) is 0 Å². The fourth-order valence-corrected chi connectivity index (χ4v) is 6.62. The zero-order valence-corrected chi connectivity index (χ0v) is 17.9. The van der Waals surface area contributed by atoms with E-state index in [4.69, 9.17) is 18.8 Å². The van der Waals surface area contributed by atoms with Crippen molar-refractivity contribution in [3.05, 3.63) is 29.3 Å². The van der Waals surface area contributed by atoms with Crippen LogP contribution in [0.2, 0.25) is 5.82 Å². The number of rotatable bonds is 2. The summed E-state index contributed by atoms with van der Waals surface area (Å²) in [6.45, 7) is 10.6. The summed E-state index contributed by atoms with van der Waals surface area (Å²) in [6, 6.07) is 5.77. The highest BCUT2D eigenvalue weighted by Crippen LogP contribution is 2.68. The van der Waals surface area contributed by atoms with Crippen LogP contribution in [0.3, 0.4) is 0 Å². The molecule has 2 aliphatic heterocycles. The van der Waals surface area contributed by atoms with Crippen LogP contribution in [0.5, 0.6) is 5.75 Å². The fourth-order valence-electron chi connectivity index (χ4n) is 6.62. The molecule has 6 atom stereocenters. The number of hydrogen-bond donors (Lipinski definition) is 0. The van der Waals surface area contributed by atoms with Gasteiger partial charge in [-0.15, -0.1) is 0 Å². The quantitative estimate of drug-likeness (QED) is 0.542. The molecule has 5 fully saturated rings. The van der Waals surface area contributed by atoms with Gasteiger partial charge in [-0.25, -0.2) is 4.79 Å². The monoisotopic (exact) mass is 396 g/mol. The molecule has 154 valence electrons. The number of cyclic esters (lactones) is 1. The summed E-state index contributed by atoms with van der Waals surface area (Å²) in [5.74, 6) is 1.35. The number of carbonyl (C=O) groups is 1. The predicted octanol–water partition coefficient (Wildman–Crippen LogP) is 4.56. The lowest BCUT2D eigenvalue weighted by atomic mass is 9.43. The number of fused-ring (bicyclic) bond motifs is 1. The second kappa shape index (κ2) is 5.39. The Morgan fingerprint density at radius 2 is 1.83 bits per heavy atom. The van der Waals surface area contributed by atoms with Gasteiger partial charge in [0.05, 0.1) is 11.7 Å². The van der Waals surface area contributed by atoms with Crippen LogP contribution in [0, 0.1) is 17.3 Å². The van der Waals surface area contributed by atoms with E-state index in [1.54, 1.807) is 19.9 Å². The number of ether oxygens (including phenoxy) is 2. The molecule has 1 aromatic rings. The van der Waals surface area contributed by atoms with E-state index in [-0.39, 0.29) is 24.8 Å². The van der Waals surface area contributed by atoms with Crippen molar-refractivity contribution in [2.75, 3.05) is 0 Å². The van der Waals surface area contributed by atoms with Crippen LogP contribution in [0.25, 0.3) is 0 Å². The van der Waals surface area contributed by atoms with Gasteiger partial charge < -0.3 is 18.8 Å². The van der Waals surface area contributed by atoms with Crippen molar-refractivity contribution in [3.63, 3.8) is 0 Å². The van der Waals surface area contributed by atoms with Gasteiger partial charge in [0.1, 0.15) is 11.3 Å². The Morgan fingerprint density at radius 1 is 1.03 bits per heavy atom. The molecule has 1 saturated heterocycles. The summed E-state index contributed by atoms with van der Waals surface area (Å²) in [5.41, 5.74) is 1.78. The van der Waals surface area contributed by atoms with Crippen LogP contribution in [0.15, 0.2) is 18.2 Å². The van der Waals surface area contributed by atoms with Gasteiger partial charge in [0.15, 0.2) is 0 Å². The van der Waals surface area contributed by atoms with Crippen molar-refractivity contribution in [1.82, 2.24) is 0 Å². The maximum atomic E-state index is 12.4. The van der Waals surface area contributed by atoms with Crippen molar-refractivity contribution < 1.29 is 23.6 Å². The molecule has 7 rings (SSSR count). The first-order valence-corrected chi connectivity index (χ1v) is 11.0. The van der Waals surface area contributed by atoms with Crippen molar-refractivity contribution in [2.45, 2.75) is 83.1 Å². The molecule has 29 heavy (non-hydrogen) atoms. The Bertz CT molecular complexity index is 911. The van der Waals surface area contributed by atoms with Crippen LogP contribution in [-0.4, -0.2) is 30.6 Å². The molecule has 2 unspecified atom stereocenters. The van der Waals surface area contributed by atoms with Crippen molar-refractivity contribution in [2.24, 2.45) is 17.3 Å². The number of carbonyl (C=O) groups excluding carboxylic acids is 1. The minimum absolute atomic E-state index is 0.162. The lowest BCUT2D eigenvalue weighted by Crippen LogP contribution is -2.65. The topological polar surface area (TPSA) is 54.0 Å². The molecule has 0 aromatic heterocycles. The van der Waals surface area contributed by atoms with Gasteiger partial charge >= 0.3 is 13.1 Å². The number of hydrogen-bond acceptors (Lipinski definition) is 5. The van der Waals surface area contributed by atoms with Crippen LogP contribution in [0.4, 0.5) is 0 Å². The Kier molecular flexibility index (Phi) is 3.39. The van der Waals surface area contributed by atoms with E-state index in [9.17, 15) is 4.79 Å². The van der Waals surface area contributed by atoms with E-state index in [0.29, 0.717) is 34.4 Å². The largest absolute Gasteiger partial charge is 0.461 e. The smallest absolute Gasteiger partial charge is 0.452 e. The lowest BCUT2D eigenvalue weighted by Gasteiger charge is -2.64. The second-order valence-electron chi connectivity index (χ2n) is 11.0. The SMILES string of the molecule is CC1(C)OC(=O)c2cccc([C@H]3C[C@H]3B3OC4CC5C[C@H](C5(C)C)[C@]4(C)O3)c2O1. The van der Waals surface area contributed by atoms with Crippen LogP contribution < -0.4 is 4.74 Å². The number of esters is 1. The highest BCUT2D eigenvalue weighted by Gasteiger charge is 2.70. The van der Waals surface area contributed by atoms with Gasteiger partial charge in [0.25, 0.3) is 0 Å². The van der Waals surface area contributed by atoms with Crippen LogP contribution >= 0.6 is 0 Å². The molecule has 4 aliphatic carbocycles. The van der Waals surface area contributed by atoms with Crippen molar-refractivity contribution in [3.8, 4) is 5.75 Å². The third-order valence-corrected chi connectivity index (χ3v) is 8.51. The Hall–Kier alpha value is -1.53. The summed E-state index contributed by atoms with van der Waals surface area (Å²) >= 11 is 0. The standard InChI is InChI=1S/C23H29BO5/c1-21(2)12-9-17(21)23(5)18(10-12)28-24(29-23)16-11-15(16)13-7-6-8-14-19(13)26-22(3,4)27-20(14)25/h6-8,12,15-18H,9-11H2,1-5H3/t12?,15-,16-,17-,18?,23+/m1/s1.